The number of esters is 1. The van der Waals surface area contributed by atoms with Crippen molar-refractivity contribution in [3.8, 4) is 0 Å². The molecule has 188 valence electrons. The molecule has 5 aromatic carbocycles. The molecule has 0 aliphatic carbocycles. The van der Waals surface area contributed by atoms with E-state index in [9.17, 15) is 4.79 Å². The van der Waals surface area contributed by atoms with Crippen molar-refractivity contribution in [2.24, 2.45) is 0 Å². The van der Waals surface area contributed by atoms with Crippen molar-refractivity contribution in [1.82, 2.24) is 0 Å². The van der Waals surface area contributed by atoms with Crippen LogP contribution in [-0.2, 0) is 16.8 Å². The molecular formula is C35H29BrO2. The predicted octanol–water partition coefficient (Wildman–Crippen LogP) is 8.81. The van der Waals surface area contributed by atoms with E-state index in [1.54, 1.807) is 0 Å². The van der Waals surface area contributed by atoms with E-state index in [2.05, 4.69) is 115 Å². The molecule has 3 heteroatoms. The van der Waals surface area contributed by atoms with Crippen LogP contribution in [0.4, 0.5) is 0 Å². The zero-order valence-electron chi connectivity index (χ0n) is 21.5. The lowest BCUT2D eigenvalue weighted by Gasteiger charge is -2.37. The molecule has 0 atom stereocenters. The minimum atomic E-state index is -0.575. The minimum Gasteiger partial charge on any atom is -0.457 e. The number of carbonyl (C=O) groups is 1. The number of rotatable bonds is 7. The Bertz CT molecular complexity index is 1390. The average Bonchev–Trinajstić information content (AvgIpc) is 2.95. The Balaban J connectivity index is 1.62. The standard InChI is InChI=1S/C35H29BrO2/c1-25-8-14-29(15-9-25)35(30-16-10-26(2)11-17-30,32-20-22-33(36)23-21-32)31-18-12-28(13-19-31)34(37)38-24-27-6-4-3-5-7-27/h3-23H,24H2,1-2H3. The third-order valence-electron chi connectivity index (χ3n) is 7.01. The summed E-state index contributed by atoms with van der Waals surface area (Å²) in [5.74, 6) is -0.333. The van der Waals surface area contributed by atoms with Gasteiger partial charge in [-0.05, 0) is 65.9 Å². The highest BCUT2D eigenvalue weighted by molar-refractivity contribution is 9.10. The Morgan fingerprint density at radius 1 is 0.605 bits per heavy atom. The summed E-state index contributed by atoms with van der Waals surface area (Å²) < 4.78 is 6.62. The van der Waals surface area contributed by atoms with Gasteiger partial charge in [-0.1, -0.05) is 130 Å². The number of halogens is 1. The lowest BCUT2D eigenvalue weighted by molar-refractivity contribution is 0.0472. The summed E-state index contributed by atoms with van der Waals surface area (Å²) >= 11 is 3.61. The van der Waals surface area contributed by atoms with Crippen LogP contribution in [0.3, 0.4) is 0 Å². The second-order valence-electron chi connectivity index (χ2n) is 9.63. The van der Waals surface area contributed by atoms with Crippen molar-refractivity contribution < 1.29 is 9.53 Å². The van der Waals surface area contributed by atoms with Gasteiger partial charge in [-0.15, -0.1) is 0 Å². The predicted molar refractivity (Wildman–Crippen MR) is 157 cm³/mol. The van der Waals surface area contributed by atoms with Crippen LogP contribution in [0.1, 0.15) is 49.3 Å². The number of ether oxygens (including phenoxy) is 1. The Morgan fingerprint density at radius 3 is 1.50 bits per heavy atom. The van der Waals surface area contributed by atoms with Gasteiger partial charge in [0.25, 0.3) is 0 Å². The molecule has 0 unspecified atom stereocenters. The fourth-order valence-corrected chi connectivity index (χ4v) is 5.23. The van der Waals surface area contributed by atoms with Gasteiger partial charge in [-0.3, -0.25) is 0 Å². The summed E-state index contributed by atoms with van der Waals surface area (Å²) in [4.78, 5) is 12.9. The lowest BCUT2D eigenvalue weighted by Crippen LogP contribution is -2.31. The van der Waals surface area contributed by atoms with Crippen LogP contribution >= 0.6 is 15.9 Å². The first-order valence-electron chi connectivity index (χ1n) is 12.7. The molecule has 0 heterocycles. The van der Waals surface area contributed by atoms with E-state index >= 15 is 0 Å². The summed E-state index contributed by atoms with van der Waals surface area (Å²) in [6, 6.07) is 43.6. The maximum absolute atomic E-state index is 12.9. The van der Waals surface area contributed by atoms with E-state index < -0.39 is 5.41 Å². The zero-order chi connectivity index (χ0) is 26.5. The molecule has 5 aromatic rings. The van der Waals surface area contributed by atoms with Crippen molar-refractivity contribution in [3.63, 3.8) is 0 Å². The largest absolute Gasteiger partial charge is 0.457 e. The third kappa shape index (κ3) is 5.20. The highest BCUT2D eigenvalue weighted by Gasteiger charge is 2.38. The maximum Gasteiger partial charge on any atom is 0.338 e. The summed E-state index contributed by atoms with van der Waals surface area (Å²) in [5, 5.41) is 0. The summed E-state index contributed by atoms with van der Waals surface area (Å²) in [5.41, 5.74) is 7.88. The van der Waals surface area contributed by atoms with Crippen LogP contribution in [0, 0.1) is 13.8 Å². The van der Waals surface area contributed by atoms with Gasteiger partial charge in [-0.2, -0.15) is 0 Å². The Labute approximate surface area is 233 Å². The Morgan fingerprint density at radius 2 is 1.03 bits per heavy atom. The first-order chi connectivity index (χ1) is 18.5. The van der Waals surface area contributed by atoms with Crippen molar-refractivity contribution in [1.29, 1.82) is 0 Å². The Kier molecular flexibility index (Phi) is 7.57. The summed E-state index contributed by atoms with van der Waals surface area (Å²) in [6.45, 7) is 4.45. The SMILES string of the molecule is Cc1ccc(C(c2ccc(C)cc2)(c2ccc(Br)cc2)c2ccc(C(=O)OCc3ccccc3)cc2)cc1. The van der Waals surface area contributed by atoms with Gasteiger partial charge in [0.15, 0.2) is 0 Å². The highest BCUT2D eigenvalue weighted by atomic mass is 79.9. The second kappa shape index (κ2) is 11.2. The van der Waals surface area contributed by atoms with Gasteiger partial charge in [0.1, 0.15) is 6.61 Å². The van der Waals surface area contributed by atoms with Gasteiger partial charge in [0.2, 0.25) is 0 Å². The van der Waals surface area contributed by atoms with Gasteiger partial charge in [0, 0.05) is 4.47 Å². The molecule has 2 nitrogen and oxygen atoms in total. The average molecular weight is 562 g/mol. The zero-order valence-corrected chi connectivity index (χ0v) is 23.1. The molecule has 0 spiro atoms. The van der Waals surface area contributed by atoms with Gasteiger partial charge in [0.05, 0.1) is 11.0 Å². The molecule has 0 aromatic heterocycles. The van der Waals surface area contributed by atoms with E-state index in [4.69, 9.17) is 4.74 Å². The number of hydrogen-bond acceptors (Lipinski definition) is 2. The molecule has 0 aliphatic rings. The molecule has 0 fully saturated rings. The molecule has 0 aliphatic heterocycles. The molecule has 5 rings (SSSR count). The second-order valence-corrected chi connectivity index (χ2v) is 10.5. The summed E-state index contributed by atoms with van der Waals surface area (Å²) in [6.07, 6.45) is 0. The van der Waals surface area contributed by atoms with Gasteiger partial charge in [-0.25, -0.2) is 4.79 Å². The van der Waals surface area contributed by atoms with Crippen molar-refractivity contribution in [3.05, 3.63) is 176 Å². The first kappa shape index (κ1) is 25.7. The third-order valence-corrected chi connectivity index (χ3v) is 7.54. The van der Waals surface area contributed by atoms with Crippen LogP contribution in [0.15, 0.2) is 132 Å². The molecule has 0 saturated heterocycles. The minimum absolute atomic E-state index is 0.247. The van der Waals surface area contributed by atoms with Crippen LogP contribution in [-0.4, -0.2) is 5.97 Å². The van der Waals surface area contributed by atoms with E-state index in [1.165, 1.54) is 11.1 Å². The molecule has 0 radical (unpaired) electrons. The van der Waals surface area contributed by atoms with Crippen LogP contribution in [0.25, 0.3) is 0 Å². The maximum atomic E-state index is 12.9. The van der Waals surface area contributed by atoms with Crippen LogP contribution in [0.2, 0.25) is 0 Å². The number of hydrogen-bond donors (Lipinski definition) is 0. The lowest BCUT2D eigenvalue weighted by atomic mass is 9.65. The fraction of sp³-hybridized carbons (Fsp3) is 0.114. The highest BCUT2D eigenvalue weighted by Crippen LogP contribution is 2.45. The molecule has 0 N–H and O–H groups in total. The first-order valence-corrected chi connectivity index (χ1v) is 13.5. The van der Waals surface area contributed by atoms with Crippen molar-refractivity contribution >= 4 is 21.9 Å². The molecule has 0 bridgehead atoms. The van der Waals surface area contributed by atoms with Gasteiger partial charge < -0.3 is 4.74 Å². The Hall–Kier alpha value is -3.95. The number of carbonyl (C=O) groups excluding carboxylic acids is 1. The summed E-state index contributed by atoms with van der Waals surface area (Å²) in [7, 11) is 0. The smallest absolute Gasteiger partial charge is 0.338 e. The van der Waals surface area contributed by atoms with Crippen LogP contribution < -0.4 is 0 Å². The number of benzene rings is 5. The number of aryl methyl sites for hydroxylation is 2. The molecular weight excluding hydrogens is 532 g/mol. The molecule has 38 heavy (non-hydrogen) atoms. The van der Waals surface area contributed by atoms with Crippen molar-refractivity contribution in [2.45, 2.75) is 25.9 Å². The van der Waals surface area contributed by atoms with E-state index in [1.807, 2.05) is 42.5 Å². The molecule has 0 amide bonds. The van der Waals surface area contributed by atoms with E-state index in [0.717, 1.165) is 32.3 Å². The fourth-order valence-electron chi connectivity index (χ4n) is 4.97. The molecule has 0 saturated carbocycles. The van der Waals surface area contributed by atoms with E-state index in [-0.39, 0.29) is 12.6 Å². The van der Waals surface area contributed by atoms with Gasteiger partial charge >= 0.3 is 5.97 Å². The normalized spacial score (nSPS) is 11.2. The monoisotopic (exact) mass is 560 g/mol. The topological polar surface area (TPSA) is 26.3 Å². The van der Waals surface area contributed by atoms with E-state index in [0.29, 0.717) is 5.56 Å². The quantitative estimate of drug-likeness (QED) is 0.147. The van der Waals surface area contributed by atoms with Crippen molar-refractivity contribution in [2.75, 3.05) is 0 Å². The van der Waals surface area contributed by atoms with Crippen LogP contribution in [0.5, 0.6) is 0 Å².